The summed E-state index contributed by atoms with van der Waals surface area (Å²) >= 11 is 5.79. The van der Waals surface area contributed by atoms with Crippen LogP contribution >= 0.6 is 11.6 Å². The molecule has 1 N–H and O–H groups in total. The normalized spacial score (nSPS) is 10.2. The maximum atomic E-state index is 12.2. The summed E-state index contributed by atoms with van der Waals surface area (Å²) < 4.78 is 16.0. The second-order valence-electron chi connectivity index (χ2n) is 6.55. The Balaban J connectivity index is 1.58. The minimum Gasteiger partial charge on any atom is -0.492 e. The minimum atomic E-state index is -0.715. The molecule has 170 valence electrons. The topological polar surface area (TPSA) is 117 Å². The number of anilines is 1. The van der Waals surface area contributed by atoms with Crippen LogP contribution in [0, 0.1) is 10.1 Å². The number of amides is 1. The molecule has 0 saturated heterocycles. The Bertz CT molecular complexity index is 1170. The lowest BCUT2D eigenvalue weighted by molar-refractivity contribution is -0.385. The van der Waals surface area contributed by atoms with E-state index in [1.165, 1.54) is 42.5 Å². The summed E-state index contributed by atoms with van der Waals surface area (Å²) in [4.78, 5) is 35.0. The van der Waals surface area contributed by atoms with Gasteiger partial charge in [0.15, 0.2) is 6.61 Å². The lowest BCUT2D eigenvalue weighted by atomic mass is 10.2. The van der Waals surface area contributed by atoms with Crippen molar-refractivity contribution in [3.05, 3.63) is 87.4 Å². The quantitative estimate of drug-likeness (QED) is 0.258. The average Bonchev–Trinajstić information content (AvgIpc) is 2.80. The Hall–Kier alpha value is -4.11. The van der Waals surface area contributed by atoms with Gasteiger partial charge in [0.1, 0.15) is 11.5 Å². The van der Waals surface area contributed by atoms with Gasteiger partial charge in [0, 0.05) is 11.1 Å². The van der Waals surface area contributed by atoms with E-state index in [9.17, 15) is 19.7 Å². The molecule has 0 aliphatic carbocycles. The first kappa shape index (κ1) is 23.6. The number of hydrogen-bond donors (Lipinski definition) is 1. The molecule has 0 saturated carbocycles. The van der Waals surface area contributed by atoms with Crippen LogP contribution in [0.5, 0.6) is 17.2 Å². The van der Waals surface area contributed by atoms with Crippen molar-refractivity contribution < 1.29 is 28.7 Å². The molecule has 0 aliphatic heterocycles. The van der Waals surface area contributed by atoms with Crippen LogP contribution in [-0.4, -0.2) is 30.0 Å². The van der Waals surface area contributed by atoms with Crippen molar-refractivity contribution in [2.24, 2.45) is 0 Å². The molecule has 3 aromatic rings. The number of nitrogens with zero attached hydrogens (tertiary/aromatic N) is 1. The minimum absolute atomic E-state index is 0.00346. The number of benzene rings is 3. The number of esters is 1. The number of rotatable bonds is 9. The van der Waals surface area contributed by atoms with Gasteiger partial charge in [0.05, 0.1) is 22.8 Å². The molecule has 33 heavy (non-hydrogen) atoms. The summed E-state index contributed by atoms with van der Waals surface area (Å²) in [5.41, 5.74) is 0.358. The Labute approximate surface area is 194 Å². The number of ether oxygens (including phenoxy) is 3. The third-order valence-electron chi connectivity index (χ3n) is 4.23. The van der Waals surface area contributed by atoms with Crippen LogP contribution in [0.15, 0.2) is 66.7 Å². The summed E-state index contributed by atoms with van der Waals surface area (Å²) in [6.45, 7) is 1.77. The van der Waals surface area contributed by atoms with Crippen LogP contribution in [0.1, 0.15) is 17.3 Å². The fourth-order valence-corrected chi connectivity index (χ4v) is 2.92. The summed E-state index contributed by atoms with van der Waals surface area (Å²) in [6, 6.07) is 16.7. The van der Waals surface area contributed by atoms with Gasteiger partial charge in [0.2, 0.25) is 5.75 Å². The van der Waals surface area contributed by atoms with Crippen LogP contribution in [0.2, 0.25) is 5.02 Å². The lowest BCUT2D eigenvalue weighted by Crippen LogP contribution is -2.21. The van der Waals surface area contributed by atoms with E-state index in [0.29, 0.717) is 18.0 Å². The standard InChI is InChI=1S/C23H19ClN2O7/c1-2-31-20-6-4-3-5-18(20)25-22(27)14-32-23(28)15-7-10-17(11-8-15)33-21-12-9-16(24)13-19(21)26(29)30/h3-13H,2,14H2,1H3,(H,25,27). The van der Waals surface area contributed by atoms with Crippen LogP contribution in [0.4, 0.5) is 11.4 Å². The molecule has 0 unspecified atom stereocenters. The van der Waals surface area contributed by atoms with E-state index in [-0.39, 0.29) is 27.8 Å². The van der Waals surface area contributed by atoms with Crippen molar-refractivity contribution in [1.29, 1.82) is 0 Å². The van der Waals surface area contributed by atoms with E-state index < -0.39 is 23.4 Å². The smallest absolute Gasteiger partial charge is 0.338 e. The third-order valence-corrected chi connectivity index (χ3v) is 4.47. The Morgan fingerprint density at radius 1 is 1.03 bits per heavy atom. The monoisotopic (exact) mass is 470 g/mol. The second kappa shape index (κ2) is 11.0. The molecular weight excluding hydrogens is 452 g/mol. The van der Waals surface area contributed by atoms with Crippen molar-refractivity contribution in [3.8, 4) is 17.2 Å². The Morgan fingerprint density at radius 2 is 1.76 bits per heavy atom. The van der Waals surface area contributed by atoms with Gasteiger partial charge in [0.25, 0.3) is 5.91 Å². The fourth-order valence-electron chi connectivity index (χ4n) is 2.76. The summed E-state index contributed by atoms with van der Waals surface area (Å²) in [6.07, 6.45) is 0. The van der Waals surface area contributed by atoms with Crippen molar-refractivity contribution in [2.75, 3.05) is 18.5 Å². The van der Waals surface area contributed by atoms with Gasteiger partial charge in [-0.05, 0) is 55.5 Å². The molecule has 0 fully saturated rings. The average molecular weight is 471 g/mol. The van der Waals surface area contributed by atoms with Gasteiger partial charge in [-0.1, -0.05) is 23.7 Å². The zero-order chi connectivity index (χ0) is 23.8. The first-order valence-corrected chi connectivity index (χ1v) is 10.2. The molecule has 0 spiro atoms. The molecular formula is C23H19ClN2O7. The number of carbonyl (C=O) groups is 2. The van der Waals surface area contributed by atoms with Crippen molar-refractivity contribution in [1.82, 2.24) is 0 Å². The molecule has 3 aromatic carbocycles. The third kappa shape index (κ3) is 6.44. The highest BCUT2D eigenvalue weighted by atomic mass is 35.5. The molecule has 3 rings (SSSR count). The molecule has 9 nitrogen and oxygen atoms in total. The maximum Gasteiger partial charge on any atom is 0.338 e. The number of nitro groups is 1. The zero-order valence-corrected chi connectivity index (χ0v) is 18.2. The number of hydrogen-bond acceptors (Lipinski definition) is 7. The van der Waals surface area contributed by atoms with Gasteiger partial charge in [-0.2, -0.15) is 0 Å². The Morgan fingerprint density at radius 3 is 2.45 bits per heavy atom. The van der Waals surface area contributed by atoms with Gasteiger partial charge >= 0.3 is 11.7 Å². The largest absolute Gasteiger partial charge is 0.492 e. The SMILES string of the molecule is CCOc1ccccc1NC(=O)COC(=O)c1ccc(Oc2ccc(Cl)cc2[N+](=O)[O-])cc1. The highest BCUT2D eigenvalue weighted by molar-refractivity contribution is 6.30. The first-order valence-electron chi connectivity index (χ1n) is 9.78. The van der Waals surface area contributed by atoms with E-state index in [1.54, 1.807) is 24.3 Å². The summed E-state index contributed by atoms with van der Waals surface area (Å²) in [7, 11) is 0. The van der Waals surface area contributed by atoms with Gasteiger partial charge < -0.3 is 19.5 Å². The van der Waals surface area contributed by atoms with Gasteiger partial charge in [-0.3, -0.25) is 14.9 Å². The van der Waals surface area contributed by atoms with Crippen LogP contribution in [-0.2, 0) is 9.53 Å². The highest BCUT2D eigenvalue weighted by Gasteiger charge is 2.17. The van der Waals surface area contributed by atoms with E-state index in [1.807, 2.05) is 6.92 Å². The van der Waals surface area contributed by atoms with Crippen molar-refractivity contribution in [2.45, 2.75) is 6.92 Å². The number of nitrogens with one attached hydrogen (secondary N) is 1. The molecule has 0 aliphatic rings. The van der Waals surface area contributed by atoms with Gasteiger partial charge in [-0.25, -0.2) is 4.79 Å². The van der Waals surface area contributed by atoms with Crippen molar-refractivity contribution in [3.63, 3.8) is 0 Å². The number of para-hydroxylation sites is 2. The predicted molar refractivity (Wildman–Crippen MR) is 121 cm³/mol. The lowest BCUT2D eigenvalue weighted by Gasteiger charge is -2.11. The molecule has 0 radical (unpaired) electrons. The Kier molecular flexibility index (Phi) is 7.82. The van der Waals surface area contributed by atoms with Crippen LogP contribution < -0.4 is 14.8 Å². The zero-order valence-electron chi connectivity index (χ0n) is 17.4. The molecule has 10 heteroatoms. The molecule has 0 atom stereocenters. The number of carbonyl (C=O) groups excluding carboxylic acids is 2. The van der Waals surface area contributed by atoms with E-state index in [0.717, 1.165) is 0 Å². The van der Waals surface area contributed by atoms with E-state index in [2.05, 4.69) is 5.32 Å². The predicted octanol–water partition coefficient (Wildman–Crippen LogP) is 5.23. The molecule has 1 amide bonds. The van der Waals surface area contributed by atoms with E-state index in [4.69, 9.17) is 25.8 Å². The second-order valence-corrected chi connectivity index (χ2v) is 6.99. The first-order chi connectivity index (χ1) is 15.9. The number of nitro benzene ring substituents is 1. The fraction of sp³-hybridized carbons (Fsp3) is 0.130. The maximum absolute atomic E-state index is 12.2. The summed E-state index contributed by atoms with van der Waals surface area (Å²) in [5, 5.41) is 14.0. The molecule has 0 bridgehead atoms. The van der Waals surface area contributed by atoms with E-state index >= 15 is 0 Å². The van der Waals surface area contributed by atoms with Gasteiger partial charge in [-0.15, -0.1) is 0 Å². The van der Waals surface area contributed by atoms with Crippen LogP contribution in [0.3, 0.4) is 0 Å². The molecule has 0 heterocycles. The van der Waals surface area contributed by atoms with Crippen LogP contribution in [0.25, 0.3) is 0 Å². The highest BCUT2D eigenvalue weighted by Crippen LogP contribution is 2.33. The summed E-state index contributed by atoms with van der Waals surface area (Å²) in [5.74, 6) is -0.458. The number of halogens is 1. The molecule has 0 aromatic heterocycles. The van der Waals surface area contributed by atoms with Crippen molar-refractivity contribution >= 4 is 34.9 Å².